The Hall–Kier alpha value is -0.730. The van der Waals surface area contributed by atoms with Crippen LogP contribution in [-0.4, -0.2) is 84.5 Å². The minimum Gasteiger partial charge on any atom is -0.396 e. The average molecular weight is 381 g/mol. The maximum Gasteiger partial charge on any atom is 0.185 e. The summed E-state index contributed by atoms with van der Waals surface area (Å²) in [5.74, 6) is 0. The van der Waals surface area contributed by atoms with Gasteiger partial charge in [-0.25, -0.2) is 4.98 Å². The normalized spacial score (nSPS) is 26.7. The summed E-state index contributed by atoms with van der Waals surface area (Å²) in [4.78, 5) is 13.6. The number of ether oxygens (including phenoxy) is 1. The van der Waals surface area contributed by atoms with Crippen molar-refractivity contribution < 1.29 is 9.84 Å². The fourth-order valence-electron chi connectivity index (χ4n) is 4.69. The molecule has 0 spiro atoms. The second kappa shape index (κ2) is 8.97. The van der Waals surface area contributed by atoms with Gasteiger partial charge in [-0.3, -0.25) is 9.80 Å². The van der Waals surface area contributed by atoms with Crippen LogP contribution in [0.5, 0.6) is 0 Å². The summed E-state index contributed by atoms with van der Waals surface area (Å²) in [5, 5.41) is 10.7. The summed E-state index contributed by atoms with van der Waals surface area (Å²) < 4.78 is 5.44. The van der Waals surface area contributed by atoms with Gasteiger partial charge in [0.15, 0.2) is 5.13 Å². The van der Waals surface area contributed by atoms with Crippen molar-refractivity contribution in [3.05, 3.63) is 11.1 Å². The van der Waals surface area contributed by atoms with Gasteiger partial charge >= 0.3 is 0 Å². The zero-order valence-corrected chi connectivity index (χ0v) is 16.5. The Kier molecular flexibility index (Phi) is 6.43. The van der Waals surface area contributed by atoms with E-state index in [0.717, 1.165) is 70.1 Å². The predicted molar refractivity (Wildman–Crippen MR) is 105 cm³/mol. The summed E-state index contributed by atoms with van der Waals surface area (Å²) in [5.41, 5.74) is 0. The van der Waals surface area contributed by atoms with E-state index < -0.39 is 0 Å². The Morgan fingerprint density at radius 3 is 2.73 bits per heavy atom. The number of aliphatic hydroxyl groups is 1. The summed E-state index contributed by atoms with van der Waals surface area (Å²) >= 11 is 1.83. The van der Waals surface area contributed by atoms with Gasteiger partial charge in [-0.1, -0.05) is 12.8 Å². The summed E-state index contributed by atoms with van der Waals surface area (Å²) in [7, 11) is 0. The van der Waals surface area contributed by atoms with E-state index in [9.17, 15) is 5.11 Å². The Morgan fingerprint density at radius 1 is 1.15 bits per heavy atom. The fraction of sp³-hybridized carbons (Fsp3) is 0.842. The number of piperazine rings is 1. The molecule has 0 aromatic carbocycles. The number of hydrogen-bond donors (Lipinski definition) is 1. The quantitative estimate of drug-likeness (QED) is 0.812. The Labute approximate surface area is 160 Å². The van der Waals surface area contributed by atoms with Gasteiger partial charge in [0.2, 0.25) is 0 Å². The second-order valence-electron chi connectivity index (χ2n) is 7.79. The smallest absolute Gasteiger partial charge is 0.185 e. The molecule has 4 rings (SSSR count). The van der Waals surface area contributed by atoms with Crippen LogP contribution in [0.1, 0.15) is 37.0 Å². The number of thiazole rings is 1. The van der Waals surface area contributed by atoms with Gasteiger partial charge in [0.1, 0.15) is 0 Å². The zero-order chi connectivity index (χ0) is 17.8. The van der Waals surface area contributed by atoms with Gasteiger partial charge in [-0.15, -0.1) is 11.3 Å². The van der Waals surface area contributed by atoms with E-state index in [1.54, 1.807) is 0 Å². The third-order valence-electron chi connectivity index (χ3n) is 6.07. The van der Waals surface area contributed by atoms with Crippen molar-refractivity contribution in [3.8, 4) is 0 Å². The van der Waals surface area contributed by atoms with Crippen LogP contribution in [0.3, 0.4) is 0 Å². The molecule has 1 saturated carbocycles. The van der Waals surface area contributed by atoms with Crippen molar-refractivity contribution in [2.75, 3.05) is 57.4 Å². The van der Waals surface area contributed by atoms with Crippen molar-refractivity contribution in [2.45, 2.75) is 50.7 Å². The lowest BCUT2D eigenvalue weighted by molar-refractivity contribution is 0.0271. The number of aromatic nitrogens is 1. The van der Waals surface area contributed by atoms with E-state index >= 15 is 0 Å². The summed E-state index contributed by atoms with van der Waals surface area (Å²) in [6.45, 7) is 8.14. The molecule has 26 heavy (non-hydrogen) atoms. The Bertz CT molecular complexity index is 557. The minimum absolute atomic E-state index is 0.295. The first-order valence-electron chi connectivity index (χ1n) is 10.2. The second-order valence-corrected chi connectivity index (χ2v) is 8.88. The van der Waals surface area contributed by atoms with Crippen LogP contribution >= 0.6 is 11.3 Å². The van der Waals surface area contributed by atoms with Crippen LogP contribution < -0.4 is 4.90 Å². The number of anilines is 1. The zero-order valence-electron chi connectivity index (χ0n) is 15.7. The van der Waals surface area contributed by atoms with Crippen LogP contribution in [0.25, 0.3) is 0 Å². The van der Waals surface area contributed by atoms with Gasteiger partial charge in [0.05, 0.1) is 13.2 Å². The van der Waals surface area contributed by atoms with Gasteiger partial charge in [0.25, 0.3) is 0 Å². The van der Waals surface area contributed by atoms with Crippen LogP contribution in [0, 0.1) is 0 Å². The van der Waals surface area contributed by atoms with E-state index in [0.29, 0.717) is 12.6 Å². The molecule has 1 aromatic heterocycles. The van der Waals surface area contributed by atoms with Crippen LogP contribution in [-0.2, 0) is 11.3 Å². The highest BCUT2D eigenvalue weighted by molar-refractivity contribution is 7.15. The van der Waals surface area contributed by atoms with Crippen LogP contribution in [0.2, 0.25) is 0 Å². The first kappa shape index (κ1) is 18.6. The minimum atomic E-state index is 0.295. The number of morpholine rings is 1. The molecular formula is C19H32N4O2S. The SMILES string of the molecule is OCC[C@@H]1CN(Cc2cnc(N3CCOCC3)s2)CCN1C1CCCC1. The van der Waals surface area contributed by atoms with Crippen molar-refractivity contribution in [1.29, 1.82) is 0 Å². The molecule has 2 saturated heterocycles. The molecule has 0 bridgehead atoms. The van der Waals surface area contributed by atoms with Crippen LogP contribution in [0.15, 0.2) is 6.20 Å². The van der Waals surface area contributed by atoms with E-state index in [-0.39, 0.29) is 0 Å². The summed E-state index contributed by atoms with van der Waals surface area (Å²) in [6, 6.07) is 1.26. The van der Waals surface area contributed by atoms with Gasteiger partial charge in [0, 0.05) is 69.0 Å². The fourth-order valence-corrected chi connectivity index (χ4v) is 5.70. The predicted octanol–water partition coefficient (Wildman–Crippen LogP) is 1.79. The Morgan fingerprint density at radius 2 is 1.96 bits per heavy atom. The molecule has 3 aliphatic rings. The van der Waals surface area contributed by atoms with E-state index in [1.165, 1.54) is 30.6 Å². The van der Waals surface area contributed by atoms with Crippen molar-refractivity contribution in [1.82, 2.24) is 14.8 Å². The highest BCUT2D eigenvalue weighted by Gasteiger charge is 2.33. The number of hydrogen-bond acceptors (Lipinski definition) is 7. The Balaban J connectivity index is 1.34. The first-order chi connectivity index (χ1) is 12.8. The molecule has 3 heterocycles. The van der Waals surface area contributed by atoms with E-state index in [1.807, 2.05) is 11.3 Å². The third-order valence-corrected chi connectivity index (χ3v) is 7.11. The summed E-state index contributed by atoms with van der Waals surface area (Å²) in [6.07, 6.45) is 8.40. The van der Waals surface area contributed by atoms with Crippen molar-refractivity contribution in [2.24, 2.45) is 0 Å². The molecule has 0 unspecified atom stereocenters. The van der Waals surface area contributed by atoms with E-state index in [2.05, 4.69) is 25.9 Å². The van der Waals surface area contributed by atoms with Crippen molar-refractivity contribution >= 4 is 16.5 Å². The van der Waals surface area contributed by atoms with Gasteiger partial charge in [-0.05, 0) is 19.3 Å². The molecule has 1 atom stereocenters. The molecule has 2 aliphatic heterocycles. The highest BCUT2D eigenvalue weighted by atomic mass is 32.1. The van der Waals surface area contributed by atoms with E-state index in [4.69, 9.17) is 4.74 Å². The monoisotopic (exact) mass is 380 g/mol. The lowest BCUT2D eigenvalue weighted by Gasteiger charge is -2.44. The number of nitrogens with zero attached hydrogens (tertiary/aromatic N) is 4. The van der Waals surface area contributed by atoms with Gasteiger partial charge < -0.3 is 14.7 Å². The maximum absolute atomic E-state index is 9.53. The molecule has 6 nitrogen and oxygen atoms in total. The first-order valence-corrected chi connectivity index (χ1v) is 11.0. The molecule has 1 aromatic rings. The molecule has 1 aliphatic carbocycles. The molecule has 7 heteroatoms. The van der Waals surface area contributed by atoms with Crippen LogP contribution in [0.4, 0.5) is 5.13 Å². The van der Waals surface area contributed by atoms with Gasteiger partial charge in [-0.2, -0.15) is 0 Å². The topological polar surface area (TPSA) is 52.1 Å². The third kappa shape index (κ3) is 4.39. The lowest BCUT2D eigenvalue weighted by atomic mass is 10.0. The lowest BCUT2D eigenvalue weighted by Crippen LogP contribution is -2.55. The largest absolute Gasteiger partial charge is 0.396 e. The number of rotatable bonds is 6. The molecule has 3 fully saturated rings. The average Bonchev–Trinajstić information content (AvgIpc) is 3.35. The molecule has 1 N–H and O–H groups in total. The highest BCUT2D eigenvalue weighted by Crippen LogP contribution is 2.29. The molecule has 0 amide bonds. The molecule has 146 valence electrons. The molecule has 0 radical (unpaired) electrons. The number of aliphatic hydroxyl groups excluding tert-OH is 1. The van der Waals surface area contributed by atoms with Crippen molar-refractivity contribution in [3.63, 3.8) is 0 Å². The maximum atomic E-state index is 9.53. The molecular weight excluding hydrogens is 348 g/mol. The standard InChI is InChI=1S/C19H32N4O2S/c24-10-5-17-14-21(6-7-23(17)16-3-1-2-4-16)15-18-13-20-19(26-18)22-8-11-25-12-9-22/h13,16-17,24H,1-12,14-15H2/t17-/m1/s1.